The fourth-order valence-corrected chi connectivity index (χ4v) is 1.05. The second-order valence-corrected chi connectivity index (χ2v) is 3.08. The maximum absolute atomic E-state index is 11.1. The monoisotopic (exact) mass is 213 g/mol. The molecule has 1 amide bonds. The Morgan fingerprint density at radius 2 is 2.40 bits per heavy atom. The van der Waals surface area contributed by atoms with Gasteiger partial charge < -0.3 is 9.26 Å². The summed E-state index contributed by atoms with van der Waals surface area (Å²) in [5, 5.41) is 5.75. The third-order valence-corrected chi connectivity index (χ3v) is 1.81. The van der Waals surface area contributed by atoms with E-state index in [0.29, 0.717) is 6.61 Å². The molecule has 0 fully saturated rings. The van der Waals surface area contributed by atoms with Gasteiger partial charge in [-0.05, 0) is 11.6 Å². The molecule has 6 nitrogen and oxygen atoms in total. The molecule has 1 aromatic heterocycles. The van der Waals surface area contributed by atoms with Gasteiger partial charge in [0.15, 0.2) is 0 Å². The van der Waals surface area contributed by atoms with Crippen molar-refractivity contribution < 1.29 is 14.1 Å². The molecule has 0 atom stereocenters. The van der Waals surface area contributed by atoms with Crippen LogP contribution in [0.1, 0.15) is 32.6 Å². The summed E-state index contributed by atoms with van der Waals surface area (Å²) in [6.07, 6.45) is 4.87. The van der Waals surface area contributed by atoms with Gasteiger partial charge in [0.2, 0.25) is 6.39 Å². The van der Waals surface area contributed by atoms with Crippen LogP contribution in [0.3, 0.4) is 0 Å². The quantitative estimate of drug-likeness (QED) is 0.733. The number of carbonyl (C=O) groups excluding carboxylic acids is 1. The predicted octanol–water partition coefficient (Wildman–Crippen LogP) is 2.20. The standard InChI is InChI=1S/C9H15N3O3/c1-2-3-4-5-6-14-9(13)11-8-10-7-15-12-8/h7H,2-6H2,1H3,(H,11,12,13). The summed E-state index contributed by atoms with van der Waals surface area (Å²) in [6.45, 7) is 2.55. The van der Waals surface area contributed by atoms with Gasteiger partial charge in [-0.3, -0.25) is 5.32 Å². The van der Waals surface area contributed by atoms with Crippen molar-refractivity contribution in [3.05, 3.63) is 6.39 Å². The molecule has 1 rings (SSSR count). The zero-order valence-electron chi connectivity index (χ0n) is 8.73. The SMILES string of the molecule is CCCCCCOC(=O)Nc1ncon1. The average Bonchev–Trinajstić information content (AvgIpc) is 2.70. The Morgan fingerprint density at radius 3 is 3.07 bits per heavy atom. The van der Waals surface area contributed by atoms with Crippen LogP contribution in [0.4, 0.5) is 10.7 Å². The number of rotatable bonds is 6. The highest BCUT2D eigenvalue weighted by atomic mass is 16.5. The minimum atomic E-state index is -0.548. The van der Waals surface area contributed by atoms with Crippen LogP contribution < -0.4 is 5.32 Å². The largest absolute Gasteiger partial charge is 0.449 e. The number of ether oxygens (including phenoxy) is 1. The molecular weight excluding hydrogens is 198 g/mol. The first-order valence-electron chi connectivity index (χ1n) is 5.03. The molecule has 0 aliphatic carbocycles. The van der Waals surface area contributed by atoms with Crippen LogP contribution in [0.5, 0.6) is 0 Å². The van der Waals surface area contributed by atoms with Gasteiger partial charge in [-0.25, -0.2) is 4.79 Å². The number of hydrogen-bond acceptors (Lipinski definition) is 5. The molecule has 1 N–H and O–H groups in total. The molecule has 0 aliphatic rings. The third kappa shape index (κ3) is 4.99. The Kier molecular flexibility index (Phi) is 5.21. The topological polar surface area (TPSA) is 77.2 Å². The number of carbonyl (C=O) groups is 1. The summed E-state index contributed by atoms with van der Waals surface area (Å²) < 4.78 is 9.33. The van der Waals surface area contributed by atoms with E-state index in [0.717, 1.165) is 32.1 Å². The van der Waals surface area contributed by atoms with E-state index < -0.39 is 6.09 Å². The minimum Gasteiger partial charge on any atom is -0.449 e. The molecule has 15 heavy (non-hydrogen) atoms. The number of nitrogens with zero attached hydrogens (tertiary/aromatic N) is 2. The van der Waals surface area contributed by atoms with Gasteiger partial charge in [0.25, 0.3) is 5.95 Å². The number of unbranched alkanes of at least 4 members (excludes halogenated alkanes) is 3. The van der Waals surface area contributed by atoms with Crippen LogP contribution >= 0.6 is 0 Å². The van der Waals surface area contributed by atoms with Crippen LogP contribution in [-0.4, -0.2) is 22.8 Å². The van der Waals surface area contributed by atoms with Gasteiger partial charge in [-0.1, -0.05) is 26.2 Å². The van der Waals surface area contributed by atoms with Crippen molar-refractivity contribution in [1.82, 2.24) is 10.1 Å². The van der Waals surface area contributed by atoms with Gasteiger partial charge in [-0.2, -0.15) is 4.98 Å². The lowest BCUT2D eigenvalue weighted by Gasteiger charge is -2.03. The van der Waals surface area contributed by atoms with E-state index in [4.69, 9.17) is 4.74 Å². The van der Waals surface area contributed by atoms with Crippen molar-refractivity contribution in [2.24, 2.45) is 0 Å². The van der Waals surface area contributed by atoms with E-state index >= 15 is 0 Å². The summed E-state index contributed by atoms with van der Waals surface area (Å²) in [6, 6.07) is 0. The fourth-order valence-electron chi connectivity index (χ4n) is 1.05. The molecule has 0 spiro atoms. The first kappa shape index (κ1) is 11.5. The highest BCUT2D eigenvalue weighted by Gasteiger charge is 2.05. The molecule has 0 bridgehead atoms. The molecule has 0 aliphatic heterocycles. The van der Waals surface area contributed by atoms with Crippen LogP contribution in [0, 0.1) is 0 Å². The normalized spacial score (nSPS) is 9.93. The minimum absolute atomic E-state index is 0.119. The van der Waals surface area contributed by atoms with Crippen LogP contribution in [0.25, 0.3) is 0 Å². The van der Waals surface area contributed by atoms with Crippen molar-refractivity contribution in [3.63, 3.8) is 0 Å². The van der Waals surface area contributed by atoms with Gasteiger partial charge in [0.05, 0.1) is 6.61 Å². The van der Waals surface area contributed by atoms with E-state index in [1.807, 2.05) is 0 Å². The Labute approximate surface area is 88.0 Å². The molecule has 0 saturated heterocycles. The molecule has 1 aromatic rings. The molecule has 1 heterocycles. The molecule has 0 radical (unpaired) electrons. The van der Waals surface area contributed by atoms with Crippen molar-refractivity contribution in [1.29, 1.82) is 0 Å². The molecule has 0 saturated carbocycles. The van der Waals surface area contributed by atoms with Gasteiger partial charge in [0.1, 0.15) is 0 Å². The van der Waals surface area contributed by atoms with Crippen molar-refractivity contribution in [2.45, 2.75) is 32.6 Å². The average molecular weight is 213 g/mol. The lowest BCUT2D eigenvalue weighted by Crippen LogP contribution is -2.15. The zero-order chi connectivity index (χ0) is 10.9. The highest BCUT2D eigenvalue weighted by molar-refractivity contribution is 5.81. The first-order valence-corrected chi connectivity index (χ1v) is 5.03. The van der Waals surface area contributed by atoms with E-state index in [-0.39, 0.29) is 5.95 Å². The summed E-state index contributed by atoms with van der Waals surface area (Å²) in [7, 11) is 0. The molecular formula is C9H15N3O3. The lowest BCUT2D eigenvalue weighted by molar-refractivity contribution is 0.159. The number of nitrogens with one attached hydrogen (secondary N) is 1. The Hall–Kier alpha value is -1.59. The third-order valence-electron chi connectivity index (χ3n) is 1.81. The number of amides is 1. The molecule has 84 valence electrons. The smallest absolute Gasteiger partial charge is 0.414 e. The van der Waals surface area contributed by atoms with Gasteiger partial charge in [0, 0.05) is 0 Å². The maximum atomic E-state index is 11.1. The fraction of sp³-hybridized carbons (Fsp3) is 0.667. The van der Waals surface area contributed by atoms with E-state index in [2.05, 4.69) is 26.9 Å². The number of hydrogen-bond donors (Lipinski definition) is 1. The summed E-state index contributed by atoms with van der Waals surface area (Å²) in [5.41, 5.74) is 0. The van der Waals surface area contributed by atoms with Gasteiger partial charge in [-0.15, -0.1) is 0 Å². The van der Waals surface area contributed by atoms with Gasteiger partial charge >= 0.3 is 6.09 Å². The van der Waals surface area contributed by atoms with Crippen LogP contribution in [0.2, 0.25) is 0 Å². The Bertz CT molecular complexity index is 274. The number of anilines is 1. The van der Waals surface area contributed by atoms with Crippen molar-refractivity contribution in [3.8, 4) is 0 Å². The van der Waals surface area contributed by atoms with Crippen molar-refractivity contribution >= 4 is 12.0 Å². The lowest BCUT2D eigenvalue weighted by atomic mass is 10.2. The second-order valence-electron chi connectivity index (χ2n) is 3.08. The summed E-state index contributed by atoms with van der Waals surface area (Å²) in [5.74, 6) is 0.119. The summed E-state index contributed by atoms with van der Waals surface area (Å²) in [4.78, 5) is 14.7. The predicted molar refractivity (Wildman–Crippen MR) is 53.4 cm³/mol. The first-order chi connectivity index (χ1) is 7.33. The van der Waals surface area contributed by atoms with E-state index in [9.17, 15) is 4.79 Å². The van der Waals surface area contributed by atoms with Crippen LogP contribution in [0.15, 0.2) is 10.9 Å². The van der Waals surface area contributed by atoms with Crippen LogP contribution in [-0.2, 0) is 4.74 Å². The number of aromatic nitrogens is 2. The van der Waals surface area contributed by atoms with E-state index in [1.165, 1.54) is 0 Å². The summed E-state index contributed by atoms with van der Waals surface area (Å²) >= 11 is 0. The van der Waals surface area contributed by atoms with Crippen molar-refractivity contribution in [2.75, 3.05) is 11.9 Å². The van der Waals surface area contributed by atoms with E-state index in [1.54, 1.807) is 0 Å². The molecule has 0 unspecified atom stereocenters. The Morgan fingerprint density at radius 1 is 1.53 bits per heavy atom. The molecule has 6 heteroatoms. The Balaban J connectivity index is 2.04. The maximum Gasteiger partial charge on any atom is 0.414 e. The highest BCUT2D eigenvalue weighted by Crippen LogP contribution is 2.00. The second kappa shape index (κ2) is 6.80. The zero-order valence-corrected chi connectivity index (χ0v) is 8.73. The molecule has 0 aromatic carbocycles.